The Bertz CT molecular complexity index is 587. The quantitative estimate of drug-likeness (QED) is 0.915. The van der Waals surface area contributed by atoms with E-state index in [2.05, 4.69) is 5.32 Å². The molecule has 0 radical (unpaired) electrons. The molecule has 20 heavy (non-hydrogen) atoms. The summed E-state index contributed by atoms with van der Waals surface area (Å²) in [5, 5.41) is 3.28. The average molecular weight is 273 g/mol. The summed E-state index contributed by atoms with van der Waals surface area (Å²) in [6.07, 6.45) is 0. The molecule has 2 nitrogen and oxygen atoms in total. The first-order valence-corrected chi connectivity index (χ1v) is 6.64. The zero-order valence-corrected chi connectivity index (χ0v) is 12.3. The number of hydrogen-bond donors (Lipinski definition) is 1. The number of benzene rings is 2. The van der Waals surface area contributed by atoms with E-state index in [1.54, 1.807) is 21.0 Å². The van der Waals surface area contributed by atoms with Gasteiger partial charge >= 0.3 is 0 Å². The van der Waals surface area contributed by atoms with Crippen molar-refractivity contribution in [3.63, 3.8) is 0 Å². The van der Waals surface area contributed by atoms with E-state index < -0.39 is 0 Å². The van der Waals surface area contributed by atoms with Crippen molar-refractivity contribution in [2.45, 2.75) is 19.9 Å². The molecule has 0 saturated carbocycles. The summed E-state index contributed by atoms with van der Waals surface area (Å²) in [7, 11) is 3.55. The minimum atomic E-state index is -0.130. The molecule has 0 aliphatic carbocycles. The number of hydrogen-bond acceptors (Lipinski definition) is 2. The Hall–Kier alpha value is -1.87. The lowest BCUT2D eigenvalue weighted by Gasteiger charge is -2.19. The molecule has 0 heterocycles. The van der Waals surface area contributed by atoms with Gasteiger partial charge in [-0.05, 0) is 55.3 Å². The first kappa shape index (κ1) is 14.5. The van der Waals surface area contributed by atoms with Gasteiger partial charge in [-0.25, -0.2) is 4.39 Å². The van der Waals surface area contributed by atoms with Crippen LogP contribution in [0.5, 0.6) is 5.75 Å². The lowest BCUT2D eigenvalue weighted by Crippen LogP contribution is -2.18. The number of rotatable bonds is 4. The standard InChI is InChI=1S/C17H20FNO/c1-11-8-14(9-12(2)16(11)18)17(19-3)13-6-5-7-15(10-13)20-4/h5-10,17,19H,1-4H3. The Balaban J connectivity index is 2.46. The van der Waals surface area contributed by atoms with Crippen molar-refractivity contribution in [3.8, 4) is 5.75 Å². The molecule has 0 amide bonds. The largest absolute Gasteiger partial charge is 0.497 e. The monoisotopic (exact) mass is 273 g/mol. The van der Waals surface area contributed by atoms with Gasteiger partial charge in [0.15, 0.2) is 0 Å². The number of methoxy groups -OCH3 is 1. The lowest BCUT2D eigenvalue weighted by atomic mass is 9.95. The van der Waals surface area contributed by atoms with E-state index in [4.69, 9.17) is 4.74 Å². The molecule has 0 fully saturated rings. The van der Waals surface area contributed by atoms with Gasteiger partial charge in [0.05, 0.1) is 13.2 Å². The van der Waals surface area contributed by atoms with Crippen molar-refractivity contribution in [3.05, 3.63) is 64.5 Å². The topological polar surface area (TPSA) is 21.3 Å². The van der Waals surface area contributed by atoms with Gasteiger partial charge in [-0.2, -0.15) is 0 Å². The van der Waals surface area contributed by atoms with Crippen LogP contribution in [0.15, 0.2) is 36.4 Å². The molecule has 3 heteroatoms. The molecule has 0 aliphatic heterocycles. The maximum atomic E-state index is 13.8. The van der Waals surface area contributed by atoms with Gasteiger partial charge in [-0.3, -0.25) is 0 Å². The van der Waals surface area contributed by atoms with E-state index >= 15 is 0 Å². The van der Waals surface area contributed by atoms with Gasteiger partial charge in [0.2, 0.25) is 0 Å². The fraction of sp³-hybridized carbons (Fsp3) is 0.294. The van der Waals surface area contributed by atoms with E-state index in [9.17, 15) is 4.39 Å². The van der Waals surface area contributed by atoms with Crippen molar-refractivity contribution >= 4 is 0 Å². The second-order valence-corrected chi connectivity index (χ2v) is 4.97. The third-order valence-electron chi connectivity index (χ3n) is 3.51. The van der Waals surface area contributed by atoms with Gasteiger partial charge in [0.25, 0.3) is 0 Å². The third kappa shape index (κ3) is 2.83. The first-order chi connectivity index (χ1) is 9.56. The molecule has 2 rings (SSSR count). The SMILES string of the molecule is CNC(c1cccc(OC)c1)c1cc(C)c(F)c(C)c1. The maximum Gasteiger partial charge on any atom is 0.129 e. The van der Waals surface area contributed by atoms with Crippen LogP contribution >= 0.6 is 0 Å². The number of nitrogens with one attached hydrogen (secondary N) is 1. The lowest BCUT2D eigenvalue weighted by molar-refractivity contribution is 0.414. The van der Waals surface area contributed by atoms with Crippen molar-refractivity contribution in [2.24, 2.45) is 0 Å². The van der Waals surface area contributed by atoms with Crippen LogP contribution in [0.4, 0.5) is 4.39 Å². The van der Waals surface area contributed by atoms with Crippen molar-refractivity contribution < 1.29 is 9.13 Å². The molecule has 0 spiro atoms. The van der Waals surface area contributed by atoms with Crippen LogP contribution in [0.25, 0.3) is 0 Å². The fourth-order valence-corrected chi connectivity index (χ4v) is 2.49. The van der Waals surface area contributed by atoms with Gasteiger partial charge in [0.1, 0.15) is 11.6 Å². The fourth-order valence-electron chi connectivity index (χ4n) is 2.49. The van der Waals surface area contributed by atoms with Crippen molar-refractivity contribution in [1.82, 2.24) is 5.32 Å². The van der Waals surface area contributed by atoms with Gasteiger partial charge in [-0.15, -0.1) is 0 Å². The summed E-state index contributed by atoms with van der Waals surface area (Å²) in [6, 6.07) is 11.7. The Morgan fingerprint density at radius 2 is 1.70 bits per heavy atom. The highest BCUT2D eigenvalue weighted by atomic mass is 19.1. The Kier molecular flexibility index (Phi) is 4.40. The molecule has 1 N–H and O–H groups in total. The Morgan fingerprint density at radius 3 is 2.25 bits per heavy atom. The molecule has 0 saturated heterocycles. The molecule has 2 aromatic carbocycles. The second kappa shape index (κ2) is 6.06. The number of aryl methyl sites for hydroxylation is 2. The Labute approximate surface area is 119 Å². The molecule has 0 aromatic heterocycles. The molecule has 106 valence electrons. The normalized spacial score (nSPS) is 12.2. The summed E-state index contributed by atoms with van der Waals surface area (Å²) in [5.41, 5.74) is 3.49. The van der Waals surface area contributed by atoms with Crippen molar-refractivity contribution in [1.29, 1.82) is 0 Å². The molecular formula is C17H20FNO. The third-order valence-corrected chi connectivity index (χ3v) is 3.51. The van der Waals surface area contributed by atoms with Crippen LogP contribution in [-0.4, -0.2) is 14.2 Å². The number of ether oxygens (including phenoxy) is 1. The van der Waals surface area contributed by atoms with E-state index in [-0.39, 0.29) is 11.9 Å². The summed E-state index contributed by atoms with van der Waals surface area (Å²) in [6.45, 7) is 3.59. The van der Waals surface area contributed by atoms with E-state index in [1.807, 2.05) is 43.4 Å². The minimum absolute atomic E-state index is 0.0168. The highest BCUT2D eigenvalue weighted by Crippen LogP contribution is 2.27. The van der Waals surface area contributed by atoms with Crippen LogP contribution < -0.4 is 10.1 Å². The molecule has 1 unspecified atom stereocenters. The highest BCUT2D eigenvalue weighted by molar-refractivity contribution is 5.40. The van der Waals surface area contributed by atoms with Gasteiger partial charge in [0, 0.05) is 0 Å². The summed E-state index contributed by atoms with van der Waals surface area (Å²) in [5.74, 6) is 0.688. The van der Waals surface area contributed by atoms with E-state index in [0.717, 1.165) is 16.9 Å². The molecule has 0 bridgehead atoms. The predicted octanol–water partition coefficient (Wildman–Crippen LogP) is 3.76. The average Bonchev–Trinajstić information content (AvgIpc) is 2.45. The predicted molar refractivity (Wildman–Crippen MR) is 79.8 cm³/mol. The zero-order valence-electron chi connectivity index (χ0n) is 12.3. The summed E-state index contributed by atoms with van der Waals surface area (Å²) < 4.78 is 19.0. The molecule has 0 aliphatic rings. The number of halogens is 1. The first-order valence-electron chi connectivity index (χ1n) is 6.64. The maximum absolute atomic E-state index is 13.8. The minimum Gasteiger partial charge on any atom is -0.497 e. The second-order valence-electron chi connectivity index (χ2n) is 4.97. The van der Waals surface area contributed by atoms with Crippen LogP contribution in [0, 0.1) is 19.7 Å². The zero-order chi connectivity index (χ0) is 14.7. The van der Waals surface area contributed by atoms with Crippen LogP contribution in [0.3, 0.4) is 0 Å². The Morgan fingerprint density at radius 1 is 1.05 bits per heavy atom. The summed E-state index contributed by atoms with van der Waals surface area (Å²) >= 11 is 0. The van der Waals surface area contributed by atoms with Gasteiger partial charge in [-0.1, -0.05) is 24.3 Å². The van der Waals surface area contributed by atoms with Gasteiger partial charge < -0.3 is 10.1 Å². The van der Waals surface area contributed by atoms with E-state index in [0.29, 0.717) is 11.1 Å². The van der Waals surface area contributed by atoms with Crippen LogP contribution in [-0.2, 0) is 0 Å². The summed E-state index contributed by atoms with van der Waals surface area (Å²) in [4.78, 5) is 0. The highest BCUT2D eigenvalue weighted by Gasteiger charge is 2.15. The van der Waals surface area contributed by atoms with Crippen LogP contribution in [0.2, 0.25) is 0 Å². The molecular weight excluding hydrogens is 253 g/mol. The van der Waals surface area contributed by atoms with E-state index in [1.165, 1.54) is 0 Å². The molecule has 1 atom stereocenters. The smallest absolute Gasteiger partial charge is 0.129 e. The molecule has 2 aromatic rings. The van der Waals surface area contributed by atoms with Crippen molar-refractivity contribution in [2.75, 3.05) is 14.2 Å². The van der Waals surface area contributed by atoms with Crippen LogP contribution in [0.1, 0.15) is 28.3 Å².